The molecule has 0 saturated carbocycles. The van der Waals surface area contributed by atoms with Crippen molar-refractivity contribution in [1.29, 1.82) is 0 Å². The Balaban J connectivity index is 1.71. The summed E-state index contributed by atoms with van der Waals surface area (Å²) in [6, 6.07) is 0. The van der Waals surface area contributed by atoms with Crippen LogP contribution < -0.4 is 0 Å². The van der Waals surface area contributed by atoms with E-state index in [0.717, 1.165) is 5.92 Å². The van der Waals surface area contributed by atoms with E-state index in [1.807, 2.05) is 0 Å². The van der Waals surface area contributed by atoms with Crippen molar-refractivity contribution in [3.8, 4) is 0 Å². The quantitative estimate of drug-likeness (QED) is 0.775. The van der Waals surface area contributed by atoms with Crippen LogP contribution in [0.5, 0.6) is 0 Å². The van der Waals surface area contributed by atoms with Crippen LogP contribution in [-0.2, 0) is 0 Å². The Bertz CT molecular complexity index is 278. The van der Waals surface area contributed by atoms with Gasteiger partial charge < -0.3 is 4.90 Å². The number of piperidine rings is 1. The highest BCUT2D eigenvalue weighted by molar-refractivity contribution is 4.85. The van der Waals surface area contributed by atoms with Gasteiger partial charge in [-0.05, 0) is 73.4 Å². The van der Waals surface area contributed by atoms with Gasteiger partial charge in [0, 0.05) is 43.8 Å². The Morgan fingerprint density at radius 3 is 1.52 bits per heavy atom. The summed E-state index contributed by atoms with van der Waals surface area (Å²) in [5.41, 5.74) is 0.688. The number of likely N-dealkylation sites (tertiary alicyclic amines) is 1. The summed E-state index contributed by atoms with van der Waals surface area (Å²) < 4.78 is 0. The van der Waals surface area contributed by atoms with Crippen LogP contribution in [0, 0.1) is 5.92 Å². The van der Waals surface area contributed by atoms with Gasteiger partial charge in [0.15, 0.2) is 0 Å². The molecular weight excluding hydrogens is 258 g/mol. The highest BCUT2D eigenvalue weighted by atomic mass is 15.3. The van der Waals surface area contributed by atoms with Crippen molar-refractivity contribution in [2.24, 2.45) is 5.92 Å². The summed E-state index contributed by atoms with van der Waals surface area (Å²) in [7, 11) is 0. The van der Waals surface area contributed by atoms with E-state index in [0.29, 0.717) is 11.1 Å². The van der Waals surface area contributed by atoms with Gasteiger partial charge in [-0.3, -0.25) is 9.80 Å². The average molecular weight is 296 g/mol. The lowest BCUT2D eigenvalue weighted by molar-refractivity contribution is 0.0379. The van der Waals surface area contributed by atoms with E-state index in [-0.39, 0.29) is 0 Å². The van der Waals surface area contributed by atoms with Crippen molar-refractivity contribution in [2.75, 3.05) is 45.8 Å². The standard InChI is InChI=1S/C18H37N3/c1-17(2,3)20-9-7-16(8-10-20)15-19-11-13-21(14-12-19)18(4,5)6/h16H,7-15H2,1-6H3. The third-order valence-electron chi connectivity index (χ3n) is 5.40. The third kappa shape index (κ3) is 4.94. The summed E-state index contributed by atoms with van der Waals surface area (Å²) in [5, 5.41) is 0. The predicted molar refractivity (Wildman–Crippen MR) is 91.8 cm³/mol. The van der Waals surface area contributed by atoms with Gasteiger partial charge in [-0.1, -0.05) is 0 Å². The minimum Gasteiger partial charge on any atom is -0.301 e. The molecule has 21 heavy (non-hydrogen) atoms. The van der Waals surface area contributed by atoms with Crippen molar-refractivity contribution in [1.82, 2.24) is 14.7 Å². The second kappa shape index (κ2) is 6.55. The lowest BCUT2D eigenvalue weighted by Crippen LogP contribution is -2.54. The molecule has 0 radical (unpaired) electrons. The van der Waals surface area contributed by atoms with E-state index in [4.69, 9.17) is 0 Å². The molecule has 0 amide bonds. The number of rotatable bonds is 2. The van der Waals surface area contributed by atoms with Crippen molar-refractivity contribution < 1.29 is 0 Å². The van der Waals surface area contributed by atoms with Crippen molar-refractivity contribution in [3.05, 3.63) is 0 Å². The maximum Gasteiger partial charge on any atom is 0.0126 e. The molecule has 124 valence electrons. The number of hydrogen-bond donors (Lipinski definition) is 0. The van der Waals surface area contributed by atoms with Gasteiger partial charge in [-0.2, -0.15) is 0 Å². The molecule has 0 aliphatic carbocycles. The molecule has 2 rings (SSSR count). The smallest absolute Gasteiger partial charge is 0.0126 e. The van der Waals surface area contributed by atoms with E-state index in [1.54, 1.807) is 0 Å². The maximum absolute atomic E-state index is 2.71. The zero-order valence-corrected chi connectivity index (χ0v) is 15.3. The van der Waals surface area contributed by atoms with Gasteiger partial charge in [0.1, 0.15) is 0 Å². The first kappa shape index (κ1) is 17.2. The van der Waals surface area contributed by atoms with Crippen molar-refractivity contribution >= 4 is 0 Å². The predicted octanol–water partition coefficient (Wildman–Crippen LogP) is 2.91. The first-order valence-electron chi connectivity index (χ1n) is 8.89. The van der Waals surface area contributed by atoms with E-state index >= 15 is 0 Å². The minimum absolute atomic E-state index is 0.337. The fourth-order valence-corrected chi connectivity index (χ4v) is 3.75. The molecule has 3 heteroatoms. The molecule has 0 atom stereocenters. The third-order valence-corrected chi connectivity index (χ3v) is 5.40. The van der Waals surface area contributed by atoms with Crippen LogP contribution in [-0.4, -0.2) is 71.6 Å². The first-order chi connectivity index (χ1) is 9.66. The van der Waals surface area contributed by atoms with Crippen LogP contribution >= 0.6 is 0 Å². The molecule has 3 nitrogen and oxygen atoms in total. The molecule has 2 aliphatic heterocycles. The highest BCUT2D eigenvalue weighted by Crippen LogP contribution is 2.25. The van der Waals surface area contributed by atoms with Crippen LogP contribution in [0.2, 0.25) is 0 Å². The molecule has 0 N–H and O–H groups in total. The molecule has 2 heterocycles. The average Bonchev–Trinajstić information content (AvgIpc) is 2.38. The molecule has 2 aliphatic rings. The molecule has 2 fully saturated rings. The molecule has 0 aromatic heterocycles. The van der Waals surface area contributed by atoms with Gasteiger partial charge >= 0.3 is 0 Å². The second-order valence-corrected chi connectivity index (χ2v) is 9.06. The number of piperazine rings is 1. The summed E-state index contributed by atoms with van der Waals surface area (Å²) in [5.74, 6) is 0.921. The van der Waals surface area contributed by atoms with Gasteiger partial charge in [0.05, 0.1) is 0 Å². The molecule has 0 bridgehead atoms. The fraction of sp³-hybridized carbons (Fsp3) is 1.00. The number of nitrogens with zero attached hydrogens (tertiary/aromatic N) is 3. The molecule has 0 aromatic carbocycles. The summed E-state index contributed by atoms with van der Waals surface area (Å²) in [6.45, 7) is 23.0. The largest absolute Gasteiger partial charge is 0.301 e. The van der Waals surface area contributed by atoms with Crippen molar-refractivity contribution in [2.45, 2.75) is 65.5 Å². The SMILES string of the molecule is CC(C)(C)N1CCC(CN2CCN(C(C)(C)C)CC2)CC1. The monoisotopic (exact) mass is 295 g/mol. The Morgan fingerprint density at radius 1 is 0.667 bits per heavy atom. The first-order valence-corrected chi connectivity index (χ1v) is 8.89. The zero-order valence-electron chi connectivity index (χ0n) is 15.3. The fourth-order valence-electron chi connectivity index (χ4n) is 3.75. The van der Waals surface area contributed by atoms with E-state index in [9.17, 15) is 0 Å². The molecule has 0 unspecified atom stereocenters. The van der Waals surface area contributed by atoms with Crippen LogP contribution in [0.3, 0.4) is 0 Å². The van der Waals surface area contributed by atoms with E-state index in [2.05, 4.69) is 56.2 Å². The van der Waals surface area contributed by atoms with E-state index < -0.39 is 0 Å². The lowest BCUT2D eigenvalue weighted by atomic mass is 9.92. The van der Waals surface area contributed by atoms with E-state index in [1.165, 1.54) is 58.7 Å². The Morgan fingerprint density at radius 2 is 1.10 bits per heavy atom. The van der Waals surface area contributed by atoms with Gasteiger partial charge in [-0.15, -0.1) is 0 Å². The van der Waals surface area contributed by atoms with Crippen LogP contribution in [0.15, 0.2) is 0 Å². The maximum atomic E-state index is 2.71. The van der Waals surface area contributed by atoms with Crippen LogP contribution in [0.4, 0.5) is 0 Å². The summed E-state index contributed by atoms with van der Waals surface area (Å²) in [4.78, 5) is 7.99. The highest BCUT2D eigenvalue weighted by Gasteiger charge is 2.30. The van der Waals surface area contributed by atoms with Gasteiger partial charge in [-0.25, -0.2) is 0 Å². The van der Waals surface area contributed by atoms with Gasteiger partial charge in [0.2, 0.25) is 0 Å². The Hall–Kier alpha value is -0.120. The molecule has 0 aromatic rings. The molecule has 2 saturated heterocycles. The van der Waals surface area contributed by atoms with Crippen LogP contribution in [0.1, 0.15) is 54.4 Å². The zero-order chi connectivity index (χ0) is 15.7. The van der Waals surface area contributed by atoms with Crippen molar-refractivity contribution in [3.63, 3.8) is 0 Å². The Kier molecular flexibility index (Phi) is 5.38. The summed E-state index contributed by atoms with van der Waals surface area (Å²) >= 11 is 0. The lowest BCUT2D eigenvalue weighted by Gasteiger charge is -2.45. The van der Waals surface area contributed by atoms with Gasteiger partial charge in [0.25, 0.3) is 0 Å². The number of hydrogen-bond acceptors (Lipinski definition) is 3. The molecular formula is C18H37N3. The normalized spacial score (nSPS) is 25.4. The minimum atomic E-state index is 0.337. The van der Waals surface area contributed by atoms with Crippen LogP contribution in [0.25, 0.3) is 0 Å². The summed E-state index contributed by atoms with van der Waals surface area (Å²) in [6.07, 6.45) is 2.77. The second-order valence-electron chi connectivity index (χ2n) is 9.06. The topological polar surface area (TPSA) is 9.72 Å². The Labute approximate surface area is 132 Å². The molecule has 0 spiro atoms.